The lowest BCUT2D eigenvalue weighted by molar-refractivity contribution is -0.139. The molecule has 2 aromatic heterocycles. The number of anilines is 1. The summed E-state index contributed by atoms with van der Waals surface area (Å²) in [5.74, 6) is 0.549. The fourth-order valence-electron chi connectivity index (χ4n) is 4.58. The summed E-state index contributed by atoms with van der Waals surface area (Å²) < 4.78 is 6.22. The van der Waals surface area contributed by atoms with E-state index in [-0.39, 0.29) is 23.8 Å². The molecule has 1 N–H and O–H groups in total. The molecule has 1 saturated heterocycles. The van der Waals surface area contributed by atoms with Gasteiger partial charge in [-0.1, -0.05) is 19.9 Å². The van der Waals surface area contributed by atoms with Gasteiger partial charge < -0.3 is 19.9 Å². The number of pyridine rings is 1. The Hall–Kier alpha value is -2.94. The van der Waals surface area contributed by atoms with Crippen molar-refractivity contribution in [3.63, 3.8) is 0 Å². The molecular weight excluding hydrogens is 408 g/mol. The number of methoxy groups -OCH3 is 1. The quantitative estimate of drug-likeness (QED) is 0.729. The number of hydrogen-bond acceptors (Lipinski definition) is 7. The Morgan fingerprint density at radius 3 is 2.59 bits per heavy atom. The molecule has 0 aromatic carbocycles. The van der Waals surface area contributed by atoms with Crippen LogP contribution in [0.4, 0.5) is 10.6 Å². The van der Waals surface area contributed by atoms with Crippen LogP contribution in [0, 0.1) is 0 Å². The minimum Gasteiger partial charge on any atom is -0.469 e. The average molecular weight is 441 g/mol. The molecule has 2 aliphatic rings. The second-order valence-electron chi connectivity index (χ2n) is 9.88. The number of aromatic nitrogens is 3. The normalized spacial score (nSPS) is 19.4. The smallest absolute Gasteiger partial charge is 0.345 e. The van der Waals surface area contributed by atoms with Gasteiger partial charge in [-0.3, -0.25) is 4.79 Å². The third kappa shape index (κ3) is 4.21. The van der Waals surface area contributed by atoms with Gasteiger partial charge in [-0.2, -0.15) is 9.78 Å². The van der Waals surface area contributed by atoms with E-state index in [4.69, 9.17) is 4.74 Å². The van der Waals surface area contributed by atoms with E-state index in [1.54, 1.807) is 6.20 Å². The summed E-state index contributed by atoms with van der Waals surface area (Å²) in [6.45, 7) is 11.9. The van der Waals surface area contributed by atoms with E-state index < -0.39 is 5.54 Å². The number of carbonyl (C=O) groups excluding carboxylic acids is 2. The van der Waals surface area contributed by atoms with Crippen molar-refractivity contribution in [2.45, 2.75) is 51.6 Å². The minimum atomic E-state index is -0.401. The molecule has 1 amide bonds. The Labute approximate surface area is 188 Å². The molecule has 2 aromatic rings. The first-order valence-electron chi connectivity index (χ1n) is 11.0. The van der Waals surface area contributed by atoms with Crippen LogP contribution in [0.25, 0.3) is 0 Å². The van der Waals surface area contributed by atoms with Gasteiger partial charge in [0.15, 0.2) is 0 Å². The lowest BCUT2D eigenvalue weighted by Crippen LogP contribution is -2.62. The molecule has 0 spiro atoms. The van der Waals surface area contributed by atoms with Crippen LogP contribution < -0.4 is 10.2 Å². The fourth-order valence-corrected chi connectivity index (χ4v) is 4.58. The summed E-state index contributed by atoms with van der Waals surface area (Å²) in [7, 11) is 1.38. The van der Waals surface area contributed by atoms with Gasteiger partial charge in [-0.25, -0.2) is 9.78 Å². The van der Waals surface area contributed by atoms with Crippen LogP contribution in [0.5, 0.6) is 0 Å². The van der Waals surface area contributed by atoms with E-state index in [1.165, 1.54) is 11.8 Å². The van der Waals surface area contributed by atoms with E-state index in [1.807, 2.05) is 23.2 Å². The van der Waals surface area contributed by atoms with Gasteiger partial charge in [-0.05, 0) is 25.5 Å². The molecule has 1 fully saturated rings. The highest BCUT2D eigenvalue weighted by atomic mass is 16.5. The van der Waals surface area contributed by atoms with E-state index in [0.717, 1.165) is 35.7 Å². The molecule has 4 rings (SSSR count). The second kappa shape index (κ2) is 8.20. The summed E-state index contributed by atoms with van der Waals surface area (Å²) in [4.78, 5) is 33.5. The first-order valence-corrected chi connectivity index (χ1v) is 11.0. The van der Waals surface area contributed by atoms with Crippen LogP contribution in [0.3, 0.4) is 0 Å². The number of ether oxygens (including phenoxy) is 1. The van der Waals surface area contributed by atoms with Gasteiger partial charge in [0.25, 0.3) is 0 Å². The zero-order valence-corrected chi connectivity index (χ0v) is 19.5. The predicted octanol–water partition coefficient (Wildman–Crippen LogP) is 1.94. The summed E-state index contributed by atoms with van der Waals surface area (Å²) in [5, 5.41) is 8.09. The summed E-state index contributed by atoms with van der Waals surface area (Å²) >= 11 is 0. The number of carbonyl (C=O) groups is 2. The molecule has 9 nitrogen and oxygen atoms in total. The summed E-state index contributed by atoms with van der Waals surface area (Å²) in [5.41, 5.74) is 2.40. The van der Waals surface area contributed by atoms with E-state index >= 15 is 0 Å². The maximum Gasteiger partial charge on any atom is 0.345 e. The van der Waals surface area contributed by atoms with Crippen LogP contribution in [-0.4, -0.2) is 70.5 Å². The number of piperazine rings is 1. The Morgan fingerprint density at radius 2 is 1.97 bits per heavy atom. The van der Waals surface area contributed by atoms with E-state index in [2.05, 4.69) is 48.0 Å². The highest BCUT2D eigenvalue weighted by molar-refractivity contribution is 5.77. The number of nitrogens with zero attached hydrogens (tertiary/aromatic N) is 5. The molecule has 32 heavy (non-hydrogen) atoms. The molecule has 0 saturated carbocycles. The van der Waals surface area contributed by atoms with E-state index in [9.17, 15) is 9.59 Å². The average Bonchev–Trinajstić information content (AvgIpc) is 3.19. The molecule has 0 radical (unpaired) electrons. The van der Waals surface area contributed by atoms with Crippen LogP contribution in [-0.2, 0) is 27.9 Å². The standard InChI is InChI=1S/C23H32N6O3/c1-22(2)14-24-12-17-13-29(26-20(17)22)21(31)28-9-8-27(15-23(28,3)4)18-7-6-16(11-25-18)10-19(30)32-5/h6-7,11,13,24H,8-10,12,14-15H2,1-5H3. The lowest BCUT2D eigenvalue weighted by Gasteiger charge is -2.47. The van der Waals surface area contributed by atoms with Crippen molar-refractivity contribution in [3.8, 4) is 0 Å². The van der Waals surface area contributed by atoms with Crippen LogP contribution in [0.15, 0.2) is 24.5 Å². The zero-order valence-electron chi connectivity index (χ0n) is 19.5. The van der Waals surface area contributed by atoms with E-state index in [0.29, 0.717) is 19.6 Å². The van der Waals surface area contributed by atoms with Crippen LogP contribution >= 0.6 is 0 Å². The van der Waals surface area contributed by atoms with Gasteiger partial charge in [0.1, 0.15) is 5.82 Å². The van der Waals surface area contributed by atoms with Gasteiger partial charge in [0, 0.05) is 56.1 Å². The molecule has 172 valence electrons. The van der Waals surface area contributed by atoms with Crippen molar-refractivity contribution >= 4 is 17.8 Å². The molecule has 0 aliphatic carbocycles. The molecule has 4 heterocycles. The lowest BCUT2D eigenvalue weighted by atomic mass is 9.84. The minimum absolute atomic E-state index is 0.0961. The Kier molecular flexibility index (Phi) is 5.70. The van der Waals surface area contributed by atoms with Crippen molar-refractivity contribution in [1.29, 1.82) is 0 Å². The molecule has 0 bridgehead atoms. The first-order chi connectivity index (χ1) is 15.1. The fraction of sp³-hybridized carbons (Fsp3) is 0.565. The van der Waals surface area contributed by atoms with Crippen molar-refractivity contribution in [3.05, 3.63) is 41.3 Å². The monoisotopic (exact) mass is 440 g/mol. The topological polar surface area (TPSA) is 92.6 Å². The van der Waals surface area contributed by atoms with Crippen molar-refractivity contribution < 1.29 is 14.3 Å². The van der Waals surface area contributed by atoms with Gasteiger partial charge in [-0.15, -0.1) is 0 Å². The molecule has 9 heteroatoms. The number of esters is 1. The van der Waals surface area contributed by atoms with Gasteiger partial charge in [0.05, 0.1) is 24.8 Å². The third-order valence-electron chi connectivity index (χ3n) is 6.35. The van der Waals surface area contributed by atoms with Crippen molar-refractivity contribution in [2.24, 2.45) is 0 Å². The largest absolute Gasteiger partial charge is 0.469 e. The summed E-state index contributed by atoms with van der Waals surface area (Å²) in [6, 6.07) is 3.72. The highest BCUT2D eigenvalue weighted by Crippen LogP contribution is 2.29. The number of nitrogens with one attached hydrogen (secondary N) is 1. The number of hydrogen-bond donors (Lipinski definition) is 1. The van der Waals surface area contributed by atoms with Gasteiger partial charge in [0.2, 0.25) is 0 Å². The SMILES string of the molecule is COC(=O)Cc1ccc(N2CCN(C(=O)n3cc4c(n3)C(C)(C)CNC4)C(C)(C)C2)nc1. The van der Waals surface area contributed by atoms with Crippen LogP contribution in [0.2, 0.25) is 0 Å². The molecule has 2 aliphatic heterocycles. The number of fused-ring (bicyclic) bond motifs is 1. The predicted molar refractivity (Wildman–Crippen MR) is 121 cm³/mol. The number of rotatable bonds is 3. The highest BCUT2D eigenvalue weighted by Gasteiger charge is 2.39. The molecular formula is C23H32N6O3. The maximum absolute atomic E-state index is 13.4. The Bertz CT molecular complexity index is 1010. The second-order valence-corrected chi connectivity index (χ2v) is 9.88. The van der Waals surface area contributed by atoms with Crippen LogP contribution in [0.1, 0.15) is 44.5 Å². The van der Waals surface area contributed by atoms with Gasteiger partial charge >= 0.3 is 12.0 Å². The van der Waals surface area contributed by atoms with Crippen molar-refractivity contribution in [2.75, 3.05) is 38.2 Å². The number of amides is 1. The first kappa shape index (κ1) is 22.3. The Balaban J connectivity index is 1.47. The third-order valence-corrected chi connectivity index (χ3v) is 6.35. The summed E-state index contributed by atoms with van der Waals surface area (Å²) in [6.07, 6.45) is 3.79. The van der Waals surface area contributed by atoms with Crippen molar-refractivity contribution in [1.82, 2.24) is 25.0 Å². The Morgan fingerprint density at radius 1 is 1.19 bits per heavy atom. The maximum atomic E-state index is 13.4. The molecule has 0 unspecified atom stereocenters. The zero-order chi connectivity index (χ0) is 23.1. The molecule has 0 atom stereocenters.